The van der Waals surface area contributed by atoms with E-state index in [1.165, 1.54) is 18.6 Å². The fourth-order valence-electron chi connectivity index (χ4n) is 6.97. The van der Waals surface area contributed by atoms with Crippen molar-refractivity contribution in [1.29, 1.82) is 0 Å². The van der Waals surface area contributed by atoms with Crippen molar-refractivity contribution in [3.8, 4) is 11.1 Å². The molecule has 0 bridgehead atoms. The summed E-state index contributed by atoms with van der Waals surface area (Å²) in [6.07, 6.45) is 9.62. The molecule has 6 rings (SSSR count). The smallest absolute Gasteiger partial charge is 0.264 e. The number of nitrogens with one attached hydrogen (secondary N) is 4. The maximum Gasteiger partial charge on any atom is 0.264 e. The molecule has 4 heterocycles. The molecular formula is C40H44FN9O6. The molecule has 1 unspecified atom stereocenters. The first kappa shape index (κ1) is 39.2. The lowest BCUT2D eigenvalue weighted by molar-refractivity contribution is -0.136. The highest BCUT2D eigenvalue weighted by atomic mass is 19.1. The van der Waals surface area contributed by atoms with Crippen LogP contribution in [0, 0.1) is 12.7 Å². The molecule has 2 aliphatic heterocycles. The summed E-state index contributed by atoms with van der Waals surface area (Å²) in [5, 5.41) is 12.1. The second-order valence-electron chi connectivity index (χ2n) is 14.0. The van der Waals surface area contributed by atoms with E-state index in [0.29, 0.717) is 52.8 Å². The average Bonchev–Trinajstić information content (AvgIpc) is 3.42. The van der Waals surface area contributed by atoms with E-state index in [4.69, 9.17) is 11.5 Å². The Morgan fingerprint density at radius 3 is 2.43 bits per heavy atom. The molecule has 56 heavy (non-hydrogen) atoms. The van der Waals surface area contributed by atoms with Gasteiger partial charge in [-0.2, -0.15) is 0 Å². The van der Waals surface area contributed by atoms with Crippen LogP contribution in [0.3, 0.4) is 0 Å². The highest BCUT2D eigenvalue weighted by molar-refractivity contribution is 6.25. The summed E-state index contributed by atoms with van der Waals surface area (Å²) in [5.74, 6) is -2.93. The number of amides is 6. The van der Waals surface area contributed by atoms with E-state index in [9.17, 15) is 28.8 Å². The number of nitrogen functional groups attached to an aromatic ring is 2. The second kappa shape index (κ2) is 17.3. The minimum Gasteiger partial charge on any atom is -0.397 e. The van der Waals surface area contributed by atoms with E-state index >= 15 is 4.39 Å². The molecule has 2 aromatic heterocycles. The normalized spacial score (nSPS) is 15.2. The van der Waals surface area contributed by atoms with Crippen LogP contribution in [-0.4, -0.2) is 69.4 Å². The van der Waals surface area contributed by atoms with Gasteiger partial charge in [-0.1, -0.05) is 25.3 Å². The number of aromatic nitrogens is 2. The van der Waals surface area contributed by atoms with Crippen LogP contribution in [0.5, 0.6) is 0 Å². The van der Waals surface area contributed by atoms with Gasteiger partial charge in [-0.25, -0.2) is 9.37 Å². The van der Waals surface area contributed by atoms with E-state index in [1.54, 1.807) is 37.3 Å². The van der Waals surface area contributed by atoms with E-state index in [1.807, 2.05) is 0 Å². The lowest BCUT2D eigenvalue weighted by Crippen LogP contribution is -2.54. The van der Waals surface area contributed by atoms with Gasteiger partial charge < -0.3 is 27.4 Å². The summed E-state index contributed by atoms with van der Waals surface area (Å²) >= 11 is 0. The van der Waals surface area contributed by atoms with E-state index in [0.717, 1.165) is 37.0 Å². The van der Waals surface area contributed by atoms with Gasteiger partial charge in [-0.15, -0.1) is 0 Å². The molecule has 1 saturated heterocycles. The Morgan fingerprint density at radius 1 is 0.893 bits per heavy atom. The van der Waals surface area contributed by atoms with Crippen molar-refractivity contribution in [3.05, 3.63) is 71.4 Å². The summed E-state index contributed by atoms with van der Waals surface area (Å²) in [6.45, 7) is 2.87. The zero-order valence-electron chi connectivity index (χ0n) is 31.0. The number of rotatable bonds is 16. The van der Waals surface area contributed by atoms with Crippen LogP contribution in [0.4, 0.5) is 27.3 Å². The number of fused-ring (bicyclic) bond motifs is 2. The van der Waals surface area contributed by atoms with Gasteiger partial charge in [0.15, 0.2) is 5.82 Å². The molecule has 292 valence electrons. The SMILES string of the molecule is Cc1c(N)cncc1-c1cc2cc(NC(=O)CCCC(=O)NCCCCCCCNc3cccc4c3C(=O)N(C3CCC(=O)NC3=O)C4=O)ncc2c(N)c1F. The van der Waals surface area contributed by atoms with E-state index in [-0.39, 0.29) is 65.7 Å². The number of carbonyl (C=O) groups excluding carboxylic acids is 6. The number of halogens is 1. The maximum atomic E-state index is 15.2. The second-order valence-corrected chi connectivity index (χ2v) is 14.0. The number of unbranched alkanes of at least 4 members (excludes halogenated alkanes) is 4. The van der Waals surface area contributed by atoms with Crippen LogP contribution in [0.1, 0.15) is 90.5 Å². The van der Waals surface area contributed by atoms with Gasteiger partial charge in [-0.05, 0) is 67.8 Å². The van der Waals surface area contributed by atoms with Gasteiger partial charge >= 0.3 is 0 Å². The summed E-state index contributed by atoms with van der Waals surface area (Å²) in [6, 6.07) is 7.21. The Balaban J connectivity index is 0.858. The van der Waals surface area contributed by atoms with Crippen LogP contribution >= 0.6 is 0 Å². The number of carbonyl (C=O) groups is 6. The molecule has 0 saturated carbocycles. The van der Waals surface area contributed by atoms with E-state index in [2.05, 4.69) is 31.2 Å². The first-order chi connectivity index (χ1) is 26.9. The van der Waals surface area contributed by atoms with Crippen LogP contribution in [0.2, 0.25) is 0 Å². The number of benzene rings is 2. The Labute approximate surface area is 322 Å². The van der Waals surface area contributed by atoms with E-state index < -0.39 is 35.5 Å². The molecule has 1 fully saturated rings. The fraction of sp³-hybridized carbons (Fsp3) is 0.350. The first-order valence-electron chi connectivity index (χ1n) is 18.7. The Kier molecular flexibility index (Phi) is 12.2. The number of imide groups is 2. The molecule has 6 amide bonds. The lowest BCUT2D eigenvalue weighted by Gasteiger charge is -2.27. The van der Waals surface area contributed by atoms with Gasteiger partial charge in [0.05, 0.1) is 28.7 Å². The Morgan fingerprint density at radius 2 is 1.64 bits per heavy atom. The number of hydrogen-bond donors (Lipinski definition) is 6. The highest BCUT2D eigenvalue weighted by Gasteiger charge is 2.45. The number of nitrogens with zero attached hydrogens (tertiary/aromatic N) is 3. The maximum absolute atomic E-state index is 15.2. The Bertz CT molecular complexity index is 2230. The molecule has 2 aliphatic rings. The van der Waals surface area contributed by atoms with Crippen molar-refractivity contribution in [3.63, 3.8) is 0 Å². The quantitative estimate of drug-likeness (QED) is 0.0524. The number of anilines is 4. The van der Waals surface area contributed by atoms with Crippen molar-refractivity contribution in [2.24, 2.45) is 0 Å². The van der Waals surface area contributed by atoms with Crippen molar-refractivity contribution < 1.29 is 33.2 Å². The third-order valence-corrected chi connectivity index (χ3v) is 10.1. The fourth-order valence-corrected chi connectivity index (χ4v) is 6.97. The van der Waals surface area contributed by atoms with Crippen LogP contribution < -0.4 is 32.7 Å². The molecule has 2 aromatic carbocycles. The van der Waals surface area contributed by atoms with Gasteiger partial charge in [0.2, 0.25) is 23.6 Å². The zero-order valence-corrected chi connectivity index (χ0v) is 31.0. The third kappa shape index (κ3) is 8.59. The lowest BCUT2D eigenvalue weighted by atomic mass is 9.97. The van der Waals surface area contributed by atoms with Gasteiger partial charge in [0, 0.05) is 66.9 Å². The molecule has 4 aromatic rings. The van der Waals surface area contributed by atoms with Gasteiger partial charge in [0.1, 0.15) is 11.9 Å². The topological polar surface area (TPSA) is 232 Å². The predicted molar refractivity (Wildman–Crippen MR) is 209 cm³/mol. The van der Waals surface area contributed by atoms with Crippen molar-refractivity contribution in [2.45, 2.75) is 77.2 Å². The molecule has 0 radical (unpaired) electrons. The third-order valence-electron chi connectivity index (χ3n) is 10.1. The molecule has 15 nitrogen and oxygen atoms in total. The average molecular weight is 766 g/mol. The van der Waals surface area contributed by atoms with Gasteiger partial charge in [-0.3, -0.25) is 44.0 Å². The number of piperidine rings is 1. The summed E-state index contributed by atoms with van der Waals surface area (Å²) < 4.78 is 15.2. The number of nitrogens with two attached hydrogens (primary N) is 2. The van der Waals surface area contributed by atoms with Gasteiger partial charge in [0.25, 0.3) is 11.8 Å². The summed E-state index contributed by atoms with van der Waals surface area (Å²) in [4.78, 5) is 84.4. The Hall–Kier alpha value is -6.45. The minimum absolute atomic E-state index is 0.0607. The van der Waals surface area contributed by atoms with Crippen molar-refractivity contribution >= 4 is 69.1 Å². The van der Waals surface area contributed by atoms with Crippen LogP contribution in [0.25, 0.3) is 21.9 Å². The van der Waals surface area contributed by atoms with Crippen LogP contribution in [-0.2, 0) is 19.2 Å². The molecule has 1 atom stereocenters. The van der Waals surface area contributed by atoms with Crippen molar-refractivity contribution in [2.75, 3.05) is 35.2 Å². The monoisotopic (exact) mass is 765 g/mol. The molecule has 16 heteroatoms. The largest absolute Gasteiger partial charge is 0.397 e. The summed E-state index contributed by atoms with van der Waals surface area (Å²) in [7, 11) is 0. The molecular weight excluding hydrogens is 721 g/mol. The first-order valence-corrected chi connectivity index (χ1v) is 18.7. The molecule has 0 spiro atoms. The standard InChI is InChI=1S/C40H44FN9O6/c1-22-26(19-44-21-28(22)42)25-17-23-18-31(47-20-27(23)37(43)36(25)41)48-33(52)12-8-11-32(51)46-16-6-4-2-3-5-15-45-29-10-7-9-24-35(29)40(56)50(39(24)55)30-13-14-34(53)49-38(30)54/h7,9-10,17-21,30,45H,2-6,8,11-16,42-43H2,1H3,(H,46,51)(H,47,48,52)(H,49,53,54). The summed E-state index contributed by atoms with van der Waals surface area (Å²) in [5.41, 5.74) is 14.9. The number of pyridine rings is 2. The van der Waals surface area contributed by atoms with Crippen LogP contribution in [0.15, 0.2) is 48.9 Å². The highest BCUT2D eigenvalue weighted by Crippen LogP contribution is 2.36. The minimum atomic E-state index is -1.01. The predicted octanol–water partition coefficient (Wildman–Crippen LogP) is 4.60. The molecule has 8 N–H and O–H groups in total. The van der Waals surface area contributed by atoms with Crippen molar-refractivity contribution in [1.82, 2.24) is 25.5 Å². The molecule has 0 aliphatic carbocycles. The zero-order chi connectivity index (χ0) is 39.9. The number of hydrogen-bond acceptors (Lipinski definition) is 11.